The van der Waals surface area contributed by atoms with E-state index in [-0.39, 0.29) is 23.8 Å². The van der Waals surface area contributed by atoms with Gasteiger partial charge in [0, 0.05) is 18.2 Å². The van der Waals surface area contributed by atoms with E-state index in [9.17, 15) is 4.79 Å². The number of nitrogens with two attached hydrogens (primary N) is 1. The van der Waals surface area contributed by atoms with Crippen molar-refractivity contribution in [3.63, 3.8) is 0 Å². The predicted molar refractivity (Wildman–Crippen MR) is 81.4 cm³/mol. The Bertz CT molecular complexity index is 496. The van der Waals surface area contributed by atoms with Gasteiger partial charge >= 0.3 is 0 Å². The second kappa shape index (κ2) is 6.35. The lowest BCUT2D eigenvalue weighted by molar-refractivity contribution is -0.125. The van der Waals surface area contributed by atoms with Crippen LogP contribution in [-0.4, -0.2) is 26.2 Å². The lowest BCUT2D eigenvalue weighted by Gasteiger charge is -2.39. The largest absolute Gasteiger partial charge is 0.497 e. The maximum atomic E-state index is 11.9. The van der Waals surface area contributed by atoms with Crippen molar-refractivity contribution in [2.24, 2.45) is 17.6 Å². The number of carbonyl (C=O) groups is 1. The van der Waals surface area contributed by atoms with Crippen molar-refractivity contribution in [1.82, 2.24) is 5.32 Å². The Labute approximate surface area is 125 Å². The predicted octanol–water partition coefficient (Wildman–Crippen LogP) is 1.86. The Kier molecular flexibility index (Phi) is 4.73. The molecule has 5 heteroatoms. The average Bonchev–Trinajstić information content (AvgIpc) is 2.45. The molecule has 0 bridgehead atoms. The molecule has 1 amide bonds. The Morgan fingerprint density at radius 3 is 2.24 bits per heavy atom. The van der Waals surface area contributed by atoms with E-state index in [0.717, 1.165) is 12.0 Å². The topological polar surface area (TPSA) is 73.6 Å². The van der Waals surface area contributed by atoms with E-state index in [1.165, 1.54) is 0 Å². The molecule has 0 radical (unpaired) electrons. The van der Waals surface area contributed by atoms with Crippen LogP contribution in [-0.2, 0) is 4.79 Å². The summed E-state index contributed by atoms with van der Waals surface area (Å²) in [5.74, 6) is 1.15. The summed E-state index contributed by atoms with van der Waals surface area (Å²) in [6.45, 7) is 4.20. The Hall–Kier alpha value is -1.75. The first-order chi connectivity index (χ1) is 9.96. The average molecular weight is 292 g/mol. The molecule has 1 saturated heterocycles. The summed E-state index contributed by atoms with van der Waals surface area (Å²) in [6.07, 6.45) is 0.936. The highest BCUT2D eigenvalue weighted by Crippen LogP contribution is 2.38. The maximum absolute atomic E-state index is 11.9. The van der Waals surface area contributed by atoms with Crippen molar-refractivity contribution in [1.29, 1.82) is 0 Å². The molecule has 5 nitrogen and oxygen atoms in total. The zero-order chi connectivity index (χ0) is 15.6. The third-order valence-electron chi connectivity index (χ3n) is 4.22. The first-order valence-electron chi connectivity index (χ1n) is 7.24. The fraction of sp³-hybridized carbons (Fsp3) is 0.562. The zero-order valence-electron chi connectivity index (χ0n) is 13.1. The van der Waals surface area contributed by atoms with Crippen LogP contribution in [0.25, 0.3) is 0 Å². The Morgan fingerprint density at radius 2 is 1.76 bits per heavy atom. The van der Waals surface area contributed by atoms with Crippen LogP contribution < -0.4 is 20.5 Å². The van der Waals surface area contributed by atoms with Gasteiger partial charge in [-0.2, -0.15) is 0 Å². The summed E-state index contributed by atoms with van der Waals surface area (Å²) < 4.78 is 10.6. The number of nitrogens with one attached hydrogen (secondary N) is 1. The molecule has 3 N–H and O–H groups in total. The van der Waals surface area contributed by atoms with Crippen LogP contribution in [0.1, 0.15) is 31.9 Å². The van der Waals surface area contributed by atoms with Gasteiger partial charge in [-0.15, -0.1) is 0 Å². The van der Waals surface area contributed by atoms with Crippen molar-refractivity contribution in [3.8, 4) is 11.5 Å². The van der Waals surface area contributed by atoms with Crippen molar-refractivity contribution in [3.05, 3.63) is 23.8 Å². The van der Waals surface area contributed by atoms with Crippen LogP contribution >= 0.6 is 0 Å². The number of methoxy groups -OCH3 is 2. The molecule has 1 aromatic rings. The van der Waals surface area contributed by atoms with Crippen molar-refractivity contribution < 1.29 is 14.3 Å². The van der Waals surface area contributed by atoms with Gasteiger partial charge in [-0.3, -0.25) is 4.79 Å². The van der Waals surface area contributed by atoms with Crippen LogP contribution in [0.15, 0.2) is 18.2 Å². The molecular formula is C16H24N2O3. The lowest BCUT2D eigenvalue weighted by atomic mass is 9.76. The molecule has 0 spiro atoms. The highest BCUT2D eigenvalue weighted by atomic mass is 16.5. The molecule has 116 valence electrons. The first kappa shape index (κ1) is 15.6. The molecule has 1 aliphatic heterocycles. The summed E-state index contributed by atoms with van der Waals surface area (Å²) in [5, 5.41) is 3.49. The standard InChI is InChI=1S/C16H24N2O3/c1-9-5-10(2)18-15(14(9)16(17)19)11-6-12(20-3)8-13(7-11)21-4/h6-10,14-15,18H,5H2,1-4H3,(H2,17,19). The summed E-state index contributed by atoms with van der Waals surface area (Å²) >= 11 is 0. The molecule has 0 saturated carbocycles. The third kappa shape index (κ3) is 3.29. The molecule has 21 heavy (non-hydrogen) atoms. The molecule has 2 rings (SSSR count). The fourth-order valence-electron chi connectivity index (χ4n) is 3.27. The monoisotopic (exact) mass is 292 g/mol. The lowest BCUT2D eigenvalue weighted by Crippen LogP contribution is -2.49. The third-order valence-corrected chi connectivity index (χ3v) is 4.22. The second-order valence-electron chi connectivity index (χ2n) is 5.83. The van der Waals surface area contributed by atoms with Gasteiger partial charge in [-0.1, -0.05) is 6.92 Å². The molecule has 1 aromatic carbocycles. The molecule has 0 aliphatic carbocycles. The minimum Gasteiger partial charge on any atom is -0.497 e. The highest BCUT2D eigenvalue weighted by molar-refractivity contribution is 5.78. The van der Waals surface area contributed by atoms with E-state index in [0.29, 0.717) is 17.5 Å². The van der Waals surface area contributed by atoms with Gasteiger partial charge in [0.25, 0.3) is 0 Å². The van der Waals surface area contributed by atoms with Crippen molar-refractivity contribution in [2.45, 2.75) is 32.4 Å². The highest BCUT2D eigenvalue weighted by Gasteiger charge is 2.38. The quantitative estimate of drug-likeness (QED) is 0.888. The zero-order valence-corrected chi connectivity index (χ0v) is 13.1. The van der Waals surface area contributed by atoms with E-state index in [4.69, 9.17) is 15.2 Å². The minimum atomic E-state index is -0.270. The van der Waals surface area contributed by atoms with Crippen LogP contribution in [0.3, 0.4) is 0 Å². The molecule has 4 unspecified atom stereocenters. The summed E-state index contributed by atoms with van der Waals surface area (Å²) in [6, 6.07) is 5.89. The van der Waals surface area contributed by atoms with E-state index < -0.39 is 0 Å². The van der Waals surface area contributed by atoms with Crippen LogP contribution in [0.2, 0.25) is 0 Å². The van der Waals surface area contributed by atoms with Gasteiger partial charge < -0.3 is 20.5 Å². The van der Waals surface area contributed by atoms with E-state index in [1.54, 1.807) is 14.2 Å². The molecule has 4 atom stereocenters. The first-order valence-corrected chi connectivity index (χ1v) is 7.24. The number of amides is 1. The molecule has 0 aromatic heterocycles. The van der Waals surface area contributed by atoms with Gasteiger partial charge in [0.2, 0.25) is 5.91 Å². The number of primary amides is 1. The van der Waals surface area contributed by atoms with E-state index >= 15 is 0 Å². The van der Waals surface area contributed by atoms with Crippen LogP contribution in [0, 0.1) is 11.8 Å². The molecule has 1 heterocycles. The van der Waals surface area contributed by atoms with Gasteiger partial charge in [-0.25, -0.2) is 0 Å². The van der Waals surface area contributed by atoms with E-state index in [2.05, 4.69) is 19.2 Å². The number of ether oxygens (including phenoxy) is 2. The van der Waals surface area contributed by atoms with Gasteiger partial charge in [0.05, 0.1) is 20.1 Å². The van der Waals surface area contributed by atoms with Gasteiger partial charge in [0.1, 0.15) is 11.5 Å². The van der Waals surface area contributed by atoms with Crippen LogP contribution in [0.4, 0.5) is 0 Å². The van der Waals surface area contributed by atoms with Crippen molar-refractivity contribution in [2.75, 3.05) is 14.2 Å². The summed E-state index contributed by atoms with van der Waals surface area (Å²) in [4.78, 5) is 11.9. The van der Waals surface area contributed by atoms with Gasteiger partial charge in [0.15, 0.2) is 0 Å². The van der Waals surface area contributed by atoms with E-state index in [1.807, 2.05) is 18.2 Å². The normalized spacial score (nSPS) is 29.0. The SMILES string of the molecule is COc1cc(OC)cc(C2NC(C)CC(C)C2C(N)=O)c1. The molecular weight excluding hydrogens is 268 g/mol. The number of piperidine rings is 1. The Morgan fingerprint density at radius 1 is 1.19 bits per heavy atom. The maximum Gasteiger partial charge on any atom is 0.222 e. The number of hydrogen-bond donors (Lipinski definition) is 2. The fourth-order valence-corrected chi connectivity index (χ4v) is 3.27. The number of carbonyl (C=O) groups excluding carboxylic acids is 1. The summed E-state index contributed by atoms with van der Waals surface area (Å²) in [5.41, 5.74) is 6.60. The smallest absolute Gasteiger partial charge is 0.222 e. The van der Waals surface area contributed by atoms with Crippen LogP contribution in [0.5, 0.6) is 11.5 Å². The summed E-state index contributed by atoms with van der Waals surface area (Å²) in [7, 11) is 3.23. The van der Waals surface area contributed by atoms with Crippen molar-refractivity contribution >= 4 is 5.91 Å². The number of hydrogen-bond acceptors (Lipinski definition) is 4. The molecule has 1 fully saturated rings. The second-order valence-corrected chi connectivity index (χ2v) is 5.83. The Balaban J connectivity index is 2.43. The molecule has 1 aliphatic rings. The van der Waals surface area contributed by atoms with Gasteiger partial charge in [-0.05, 0) is 37.0 Å². The minimum absolute atomic E-state index is 0.120. The number of rotatable bonds is 4. The number of benzene rings is 1.